The lowest BCUT2D eigenvalue weighted by atomic mass is 10.0. The van der Waals surface area contributed by atoms with E-state index in [1.54, 1.807) is 6.07 Å². The number of ether oxygens (including phenoxy) is 1. The van der Waals surface area contributed by atoms with Gasteiger partial charge in [-0.3, -0.25) is 4.79 Å². The number of alkyl halides is 1. The van der Waals surface area contributed by atoms with Crippen molar-refractivity contribution < 1.29 is 14.6 Å². The Hall–Kier alpha value is -1.22. The van der Waals surface area contributed by atoms with E-state index in [4.69, 9.17) is 21.4 Å². The Kier molecular flexibility index (Phi) is 4.19. The summed E-state index contributed by atoms with van der Waals surface area (Å²) in [5, 5.41) is 7.86. The molecule has 0 aliphatic carbocycles. The van der Waals surface area contributed by atoms with E-state index in [2.05, 4.69) is 0 Å². The molecule has 1 aromatic rings. The molecule has 88 valence electrons. The number of aryl methyl sites for hydroxylation is 2. The van der Waals surface area contributed by atoms with Crippen LogP contribution in [0, 0.1) is 13.8 Å². The molecule has 0 spiro atoms. The number of hydrogen-bond acceptors (Lipinski definition) is 2. The first kappa shape index (κ1) is 12.8. The minimum atomic E-state index is -1.03. The molecule has 3 nitrogen and oxygen atoms in total. The monoisotopic (exact) mass is 242 g/mol. The SMILES string of the molecule is CCOc1cc(C)c(C(Cl)C(=O)O)cc1C. The predicted molar refractivity (Wildman–Crippen MR) is 63.3 cm³/mol. The highest BCUT2D eigenvalue weighted by Crippen LogP contribution is 2.30. The van der Waals surface area contributed by atoms with Gasteiger partial charge in [0.05, 0.1) is 6.61 Å². The Labute approximate surface area is 100.0 Å². The van der Waals surface area contributed by atoms with Crippen molar-refractivity contribution in [1.82, 2.24) is 0 Å². The molecule has 0 aliphatic rings. The number of carboxylic acid groups (broad SMARTS) is 1. The fraction of sp³-hybridized carbons (Fsp3) is 0.417. The molecule has 1 rings (SSSR count). The molecule has 16 heavy (non-hydrogen) atoms. The van der Waals surface area contributed by atoms with Crippen LogP contribution in [0.2, 0.25) is 0 Å². The predicted octanol–water partition coefficient (Wildman–Crippen LogP) is 3.07. The van der Waals surface area contributed by atoms with Gasteiger partial charge in [-0.1, -0.05) is 6.07 Å². The lowest BCUT2D eigenvalue weighted by Gasteiger charge is -2.13. The van der Waals surface area contributed by atoms with Crippen molar-refractivity contribution in [2.24, 2.45) is 0 Å². The highest BCUT2D eigenvalue weighted by atomic mass is 35.5. The number of halogens is 1. The minimum Gasteiger partial charge on any atom is -0.494 e. The van der Waals surface area contributed by atoms with Crippen molar-refractivity contribution in [2.75, 3.05) is 6.61 Å². The highest BCUT2D eigenvalue weighted by molar-refractivity contribution is 6.29. The van der Waals surface area contributed by atoms with Crippen LogP contribution >= 0.6 is 11.6 Å². The number of carbonyl (C=O) groups is 1. The third-order valence-corrected chi connectivity index (χ3v) is 2.78. The number of aliphatic carboxylic acids is 1. The van der Waals surface area contributed by atoms with Crippen molar-refractivity contribution in [1.29, 1.82) is 0 Å². The molecule has 0 bridgehead atoms. The van der Waals surface area contributed by atoms with Crippen LogP contribution in [-0.4, -0.2) is 17.7 Å². The van der Waals surface area contributed by atoms with Crippen molar-refractivity contribution in [3.05, 3.63) is 28.8 Å². The lowest BCUT2D eigenvalue weighted by molar-refractivity contribution is -0.136. The molecule has 0 saturated heterocycles. The molecular weight excluding hydrogens is 228 g/mol. The van der Waals surface area contributed by atoms with Crippen LogP contribution in [0.1, 0.15) is 29.0 Å². The van der Waals surface area contributed by atoms with Crippen molar-refractivity contribution in [2.45, 2.75) is 26.1 Å². The van der Waals surface area contributed by atoms with E-state index in [0.29, 0.717) is 12.2 Å². The standard InChI is InChI=1S/C12H15ClO3/c1-4-16-10-6-7(2)9(5-8(10)3)11(13)12(14)15/h5-6,11H,4H2,1-3H3,(H,14,15). The molecule has 0 aliphatic heterocycles. The third-order valence-electron chi connectivity index (χ3n) is 2.35. The van der Waals surface area contributed by atoms with Gasteiger partial charge in [0.15, 0.2) is 5.38 Å². The van der Waals surface area contributed by atoms with Crippen molar-refractivity contribution in [3.8, 4) is 5.75 Å². The molecule has 0 saturated carbocycles. The Morgan fingerprint density at radius 1 is 1.44 bits per heavy atom. The molecule has 1 atom stereocenters. The van der Waals surface area contributed by atoms with Gasteiger partial charge in [-0.2, -0.15) is 0 Å². The summed E-state index contributed by atoms with van der Waals surface area (Å²) in [5.41, 5.74) is 2.35. The zero-order valence-corrected chi connectivity index (χ0v) is 10.3. The largest absolute Gasteiger partial charge is 0.494 e. The van der Waals surface area contributed by atoms with Gasteiger partial charge in [0.2, 0.25) is 0 Å². The normalized spacial score (nSPS) is 12.2. The summed E-state index contributed by atoms with van der Waals surface area (Å²) in [6.45, 7) is 6.20. The smallest absolute Gasteiger partial charge is 0.326 e. The summed E-state index contributed by atoms with van der Waals surface area (Å²) in [7, 11) is 0. The molecule has 1 N–H and O–H groups in total. The Balaban J connectivity index is 3.14. The average molecular weight is 243 g/mol. The summed E-state index contributed by atoms with van der Waals surface area (Å²) >= 11 is 5.81. The minimum absolute atomic E-state index is 0.586. The van der Waals surface area contributed by atoms with Crippen LogP contribution in [0.15, 0.2) is 12.1 Å². The van der Waals surface area contributed by atoms with E-state index in [-0.39, 0.29) is 0 Å². The van der Waals surface area contributed by atoms with Crippen LogP contribution < -0.4 is 4.74 Å². The molecule has 0 heterocycles. The van der Waals surface area contributed by atoms with E-state index < -0.39 is 11.3 Å². The molecule has 0 radical (unpaired) electrons. The fourth-order valence-corrected chi connectivity index (χ4v) is 1.76. The van der Waals surface area contributed by atoms with Gasteiger partial charge in [0.25, 0.3) is 0 Å². The van der Waals surface area contributed by atoms with E-state index in [0.717, 1.165) is 16.9 Å². The number of rotatable bonds is 4. The Morgan fingerprint density at radius 2 is 2.06 bits per heavy atom. The molecule has 0 amide bonds. The van der Waals surface area contributed by atoms with Gasteiger partial charge in [0, 0.05) is 0 Å². The molecule has 0 fully saturated rings. The molecule has 1 unspecified atom stereocenters. The van der Waals surface area contributed by atoms with E-state index in [9.17, 15) is 4.79 Å². The lowest BCUT2D eigenvalue weighted by Crippen LogP contribution is -2.07. The summed E-state index contributed by atoms with van der Waals surface area (Å²) in [6, 6.07) is 3.60. The van der Waals surface area contributed by atoms with E-state index in [1.165, 1.54) is 0 Å². The van der Waals surface area contributed by atoms with Crippen LogP contribution in [0.3, 0.4) is 0 Å². The summed E-state index contributed by atoms with van der Waals surface area (Å²) in [4.78, 5) is 10.8. The maximum atomic E-state index is 10.8. The average Bonchev–Trinajstić information content (AvgIpc) is 2.22. The number of benzene rings is 1. The molecule has 1 aromatic carbocycles. The highest BCUT2D eigenvalue weighted by Gasteiger charge is 2.19. The maximum absolute atomic E-state index is 10.8. The summed E-state index contributed by atoms with van der Waals surface area (Å²) in [6.07, 6.45) is 0. The zero-order chi connectivity index (χ0) is 12.3. The summed E-state index contributed by atoms with van der Waals surface area (Å²) in [5.74, 6) is -0.258. The van der Waals surface area contributed by atoms with Gasteiger partial charge in [-0.25, -0.2) is 0 Å². The quantitative estimate of drug-likeness (QED) is 0.826. The van der Waals surface area contributed by atoms with Gasteiger partial charge in [0.1, 0.15) is 5.75 Å². The first-order valence-corrected chi connectivity index (χ1v) is 5.51. The second-order valence-corrected chi connectivity index (χ2v) is 4.04. The van der Waals surface area contributed by atoms with Gasteiger partial charge in [-0.15, -0.1) is 11.6 Å². The van der Waals surface area contributed by atoms with Crippen LogP contribution in [-0.2, 0) is 4.79 Å². The molecule has 0 aromatic heterocycles. The fourth-order valence-electron chi connectivity index (χ4n) is 1.53. The number of hydrogen-bond donors (Lipinski definition) is 1. The summed E-state index contributed by atoms with van der Waals surface area (Å²) < 4.78 is 5.42. The van der Waals surface area contributed by atoms with E-state index in [1.807, 2.05) is 26.8 Å². The van der Waals surface area contributed by atoms with Crippen LogP contribution in [0.5, 0.6) is 5.75 Å². The van der Waals surface area contributed by atoms with E-state index >= 15 is 0 Å². The van der Waals surface area contributed by atoms with Gasteiger partial charge >= 0.3 is 5.97 Å². The first-order chi connectivity index (χ1) is 7.47. The Bertz CT molecular complexity index is 401. The topological polar surface area (TPSA) is 46.5 Å². The second-order valence-electron chi connectivity index (χ2n) is 3.61. The van der Waals surface area contributed by atoms with Gasteiger partial charge in [-0.05, 0) is 43.5 Å². The number of carboxylic acids is 1. The van der Waals surface area contributed by atoms with Crippen molar-refractivity contribution in [3.63, 3.8) is 0 Å². The second kappa shape index (κ2) is 5.21. The van der Waals surface area contributed by atoms with Gasteiger partial charge < -0.3 is 9.84 Å². The first-order valence-electron chi connectivity index (χ1n) is 5.08. The maximum Gasteiger partial charge on any atom is 0.326 e. The molecule has 4 heteroatoms. The Morgan fingerprint density at radius 3 is 2.56 bits per heavy atom. The molecular formula is C12H15ClO3. The van der Waals surface area contributed by atoms with Crippen molar-refractivity contribution >= 4 is 17.6 Å². The zero-order valence-electron chi connectivity index (χ0n) is 9.58. The van der Waals surface area contributed by atoms with Crippen LogP contribution in [0.25, 0.3) is 0 Å². The third kappa shape index (κ3) is 2.67. The van der Waals surface area contributed by atoms with Crippen LogP contribution in [0.4, 0.5) is 0 Å².